The molecule has 4 heteroatoms. The first-order valence-corrected chi connectivity index (χ1v) is 8.69. The van der Waals surface area contributed by atoms with Gasteiger partial charge in [0.1, 0.15) is 5.75 Å². The van der Waals surface area contributed by atoms with Gasteiger partial charge in [0.2, 0.25) is 0 Å². The molecule has 1 aromatic carbocycles. The van der Waals surface area contributed by atoms with Gasteiger partial charge in [0.15, 0.2) is 0 Å². The van der Waals surface area contributed by atoms with E-state index in [2.05, 4.69) is 58.2 Å². The SMILES string of the molecule is COc1ccc(Br)cc1[C@H](CCC(C)C)N1CCNCC1. The number of hydrogen-bond acceptors (Lipinski definition) is 3. The number of methoxy groups -OCH3 is 1. The van der Waals surface area contributed by atoms with Crippen LogP contribution in [-0.2, 0) is 0 Å². The molecule has 118 valence electrons. The normalized spacial score (nSPS) is 18.0. The molecule has 0 amide bonds. The van der Waals surface area contributed by atoms with Crippen molar-refractivity contribution in [2.75, 3.05) is 33.3 Å². The first-order valence-electron chi connectivity index (χ1n) is 7.90. The van der Waals surface area contributed by atoms with Gasteiger partial charge < -0.3 is 10.1 Å². The lowest BCUT2D eigenvalue weighted by Crippen LogP contribution is -2.45. The van der Waals surface area contributed by atoms with Crippen LogP contribution in [0.25, 0.3) is 0 Å². The Bertz CT molecular complexity index is 444. The molecule has 1 aromatic rings. The van der Waals surface area contributed by atoms with Gasteiger partial charge in [0, 0.05) is 42.3 Å². The Balaban J connectivity index is 2.26. The Hall–Kier alpha value is -0.580. The molecule has 1 heterocycles. The molecule has 1 aliphatic rings. The molecular formula is C17H27BrN2O. The summed E-state index contributed by atoms with van der Waals surface area (Å²) in [6, 6.07) is 6.80. The van der Waals surface area contributed by atoms with E-state index in [1.165, 1.54) is 18.4 Å². The number of piperazine rings is 1. The molecule has 1 atom stereocenters. The van der Waals surface area contributed by atoms with Gasteiger partial charge in [-0.15, -0.1) is 0 Å². The molecule has 2 rings (SSSR count). The van der Waals surface area contributed by atoms with Crippen LogP contribution in [0.2, 0.25) is 0 Å². The average Bonchev–Trinajstić information content (AvgIpc) is 2.48. The second kappa shape index (κ2) is 8.16. The highest BCUT2D eigenvalue weighted by Crippen LogP contribution is 2.35. The zero-order valence-corrected chi connectivity index (χ0v) is 14.9. The van der Waals surface area contributed by atoms with Gasteiger partial charge in [0.25, 0.3) is 0 Å². The van der Waals surface area contributed by atoms with Crippen molar-refractivity contribution in [2.24, 2.45) is 5.92 Å². The summed E-state index contributed by atoms with van der Waals surface area (Å²) in [5, 5.41) is 3.44. The van der Waals surface area contributed by atoms with E-state index in [1.54, 1.807) is 7.11 Å². The lowest BCUT2D eigenvalue weighted by Gasteiger charge is -2.36. The highest BCUT2D eigenvalue weighted by molar-refractivity contribution is 9.10. The Labute approximate surface area is 137 Å². The molecule has 3 nitrogen and oxygen atoms in total. The standard InChI is InChI=1S/C17H27BrN2O/c1-13(2)4-6-16(20-10-8-19-9-11-20)15-12-14(18)5-7-17(15)21-3/h5,7,12-13,16,19H,4,6,8-11H2,1-3H3/t16-/m0/s1. The summed E-state index contributed by atoms with van der Waals surface area (Å²) in [7, 11) is 1.77. The third-order valence-electron chi connectivity index (χ3n) is 4.16. The maximum absolute atomic E-state index is 5.62. The number of hydrogen-bond donors (Lipinski definition) is 1. The molecule has 0 saturated carbocycles. The van der Waals surface area contributed by atoms with Crippen LogP contribution >= 0.6 is 15.9 Å². The van der Waals surface area contributed by atoms with Gasteiger partial charge in [0.05, 0.1) is 7.11 Å². The van der Waals surface area contributed by atoms with Gasteiger partial charge in [-0.2, -0.15) is 0 Å². The number of benzene rings is 1. The maximum Gasteiger partial charge on any atom is 0.123 e. The predicted molar refractivity (Wildman–Crippen MR) is 91.9 cm³/mol. The van der Waals surface area contributed by atoms with E-state index in [4.69, 9.17) is 4.74 Å². The quantitative estimate of drug-likeness (QED) is 0.839. The van der Waals surface area contributed by atoms with E-state index in [1.807, 2.05) is 0 Å². The molecule has 0 radical (unpaired) electrons. The van der Waals surface area contributed by atoms with Crippen molar-refractivity contribution < 1.29 is 4.74 Å². The van der Waals surface area contributed by atoms with Crippen LogP contribution in [0, 0.1) is 5.92 Å². The van der Waals surface area contributed by atoms with Crippen LogP contribution in [0.4, 0.5) is 0 Å². The topological polar surface area (TPSA) is 24.5 Å². The van der Waals surface area contributed by atoms with Gasteiger partial charge in [-0.25, -0.2) is 0 Å². The Kier molecular flexibility index (Phi) is 6.52. The first kappa shape index (κ1) is 16.8. The van der Waals surface area contributed by atoms with Gasteiger partial charge in [-0.3, -0.25) is 4.90 Å². The van der Waals surface area contributed by atoms with Crippen LogP contribution in [0.1, 0.15) is 38.3 Å². The third-order valence-corrected chi connectivity index (χ3v) is 4.65. The molecular weight excluding hydrogens is 328 g/mol. The summed E-state index contributed by atoms with van der Waals surface area (Å²) in [4.78, 5) is 2.60. The minimum Gasteiger partial charge on any atom is -0.496 e. The van der Waals surface area contributed by atoms with E-state index in [0.29, 0.717) is 6.04 Å². The average molecular weight is 355 g/mol. The lowest BCUT2D eigenvalue weighted by atomic mass is 9.95. The fraction of sp³-hybridized carbons (Fsp3) is 0.647. The predicted octanol–water partition coefficient (Wildman–Crippen LogP) is 3.84. The zero-order valence-electron chi connectivity index (χ0n) is 13.4. The van der Waals surface area contributed by atoms with Gasteiger partial charge in [-0.05, 0) is 37.0 Å². The summed E-state index contributed by atoms with van der Waals surface area (Å²) >= 11 is 3.61. The van der Waals surface area contributed by atoms with Crippen molar-refractivity contribution >= 4 is 15.9 Å². The summed E-state index contributed by atoms with van der Waals surface area (Å²) in [6.45, 7) is 8.97. The van der Waals surface area contributed by atoms with Crippen LogP contribution in [0.15, 0.2) is 22.7 Å². The van der Waals surface area contributed by atoms with Crippen molar-refractivity contribution in [3.8, 4) is 5.75 Å². The number of nitrogens with zero attached hydrogens (tertiary/aromatic N) is 1. The first-order chi connectivity index (χ1) is 10.1. The Morgan fingerprint density at radius 2 is 1.95 bits per heavy atom. The monoisotopic (exact) mass is 354 g/mol. The Morgan fingerprint density at radius 1 is 1.24 bits per heavy atom. The van der Waals surface area contributed by atoms with E-state index in [-0.39, 0.29) is 0 Å². The lowest BCUT2D eigenvalue weighted by molar-refractivity contribution is 0.157. The van der Waals surface area contributed by atoms with Crippen LogP contribution < -0.4 is 10.1 Å². The smallest absolute Gasteiger partial charge is 0.123 e. The second-order valence-electron chi connectivity index (χ2n) is 6.16. The van der Waals surface area contributed by atoms with Crippen LogP contribution in [0.3, 0.4) is 0 Å². The van der Waals surface area contributed by atoms with Crippen molar-refractivity contribution in [3.05, 3.63) is 28.2 Å². The fourth-order valence-electron chi connectivity index (χ4n) is 2.99. The minimum absolute atomic E-state index is 0.446. The molecule has 1 N–H and O–H groups in total. The summed E-state index contributed by atoms with van der Waals surface area (Å²) in [6.07, 6.45) is 2.43. The largest absolute Gasteiger partial charge is 0.496 e. The number of nitrogens with one attached hydrogen (secondary N) is 1. The van der Waals surface area contributed by atoms with E-state index < -0.39 is 0 Å². The van der Waals surface area contributed by atoms with Crippen molar-refractivity contribution in [1.82, 2.24) is 10.2 Å². The number of halogens is 1. The molecule has 0 spiro atoms. The summed E-state index contributed by atoms with van der Waals surface area (Å²) in [5.74, 6) is 1.74. The maximum atomic E-state index is 5.62. The highest BCUT2D eigenvalue weighted by Gasteiger charge is 2.25. The molecule has 1 aliphatic heterocycles. The van der Waals surface area contributed by atoms with E-state index >= 15 is 0 Å². The Morgan fingerprint density at radius 3 is 2.57 bits per heavy atom. The minimum atomic E-state index is 0.446. The van der Waals surface area contributed by atoms with E-state index in [0.717, 1.165) is 42.3 Å². The van der Waals surface area contributed by atoms with Crippen molar-refractivity contribution in [1.29, 1.82) is 0 Å². The fourth-order valence-corrected chi connectivity index (χ4v) is 3.36. The van der Waals surface area contributed by atoms with E-state index in [9.17, 15) is 0 Å². The summed E-state index contributed by atoms with van der Waals surface area (Å²) < 4.78 is 6.74. The second-order valence-corrected chi connectivity index (χ2v) is 7.07. The number of ether oxygens (including phenoxy) is 1. The molecule has 1 fully saturated rings. The molecule has 0 aromatic heterocycles. The molecule has 0 aliphatic carbocycles. The van der Waals surface area contributed by atoms with Crippen LogP contribution in [0.5, 0.6) is 5.75 Å². The molecule has 21 heavy (non-hydrogen) atoms. The highest BCUT2D eigenvalue weighted by atomic mass is 79.9. The molecule has 1 saturated heterocycles. The van der Waals surface area contributed by atoms with Gasteiger partial charge >= 0.3 is 0 Å². The van der Waals surface area contributed by atoms with Crippen LogP contribution in [-0.4, -0.2) is 38.2 Å². The molecule has 0 bridgehead atoms. The zero-order chi connectivity index (χ0) is 15.2. The van der Waals surface area contributed by atoms with Crippen molar-refractivity contribution in [2.45, 2.75) is 32.7 Å². The third kappa shape index (κ3) is 4.70. The number of rotatable bonds is 6. The van der Waals surface area contributed by atoms with Gasteiger partial charge in [-0.1, -0.05) is 29.8 Å². The van der Waals surface area contributed by atoms with Crippen molar-refractivity contribution in [3.63, 3.8) is 0 Å². The molecule has 0 unspecified atom stereocenters. The summed E-state index contributed by atoms with van der Waals surface area (Å²) in [5.41, 5.74) is 1.31.